The standard InChI is InChI=1S/C17H36/c1-7-10-11-15(6)17(9-3)13-12-16(8-2)14(4)5/h14-17H,7-13H2,1-6H3/t15-,16-,17+/m0/s1. The van der Waals surface area contributed by atoms with Gasteiger partial charge >= 0.3 is 0 Å². The molecule has 0 aliphatic heterocycles. The van der Waals surface area contributed by atoms with Gasteiger partial charge in [0.2, 0.25) is 0 Å². The molecule has 0 radical (unpaired) electrons. The van der Waals surface area contributed by atoms with Crippen LogP contribution in [0.25, 0.3) is 0 Å². The Hall–Kier alpha value is 0. The second-order valence-electron chi connectivity index (χ2n) is 6.28. The molecule has 0 heteroatoms. The van der Waals surface area contributed by atoms with Crippen molar-refractivity contribution in [3.05, 3.63) is 0 Å². The normalized spacial score (nSPS) is 17.1. The molecule has 0 bridgehead atoms. The van der Waals surface area contributed by atoms with Crippen LogP contribution in [-0.4, -0.2) is 0 Å². The second-order valence-corrected chi connectivity index (χ2v) is 6.28. The van der Waals surface area contributed by atoms with Crippen LogP contribution in [0.5, 0.6) is 0 Å². The van der Waals surface area contributed by atoms with Gasteiger partial charge in [-0.15, -0.1) is 0 Å². The summed E-state index contributed by atoms with van der Waals surface area (Å²) >= 11 is 0. The van der Waals surface area contributed by atoms with E-state index in [-0.39, 0.29) is 0 Å². The van der Waals surface area contributed by atoms with E-state index in [0.717, 1.165) is 23.7 Å². The molecule has 0 N–H and O–H groups in total. The molecule has 0 fully saturated rings. The van der Waals surface area contributed by atoms with E-state index in [1.165, 1.54) is 44.9 Å². The van der Waals surface area contributed by atoms with Crippen molar-refractivity contribution < 1.29 is 0 Å². The molecule has 0 rings (SSSR count). The Morgan fingerprint density at radius 1 is 0.706 bits per heavy atom. The van der Waals surface area contributed by atoms with Gasteiger partial charge in [0.05, 0.1) is 0 Å². The minimum atomic E-state index is 0.864. The van der Waals surface area contributed by atoms with Gasteiger partial charge < -0.3 is 0 Å². The van der Waals surface area contributed by atoms with E-state index >= 15 is 0 Å². The number of hydrogen-bond acceptors (Lipinski definition) is 0. The molecule has 0 aliphatic rings. The first-order valence-corrected chi connectivity index (χ1v) is 8.06. The zero-order valence-corrected chi connectivity index (χ0v) is 13.3. The molecule has 0 aromatic carbocycles. The summed E-state index contributed by atoms with van der Waals surface area (Å²) in [5, 5.41) is 0. The van der Waals surface area contributed by atoms with Crippen molar-refractivity contribution in [2.45, 2.75) is 86.5 Å². The highest BCUT2D eigenvalue weighted by atomic mass is 14.2. The van der Waals surface area contributed by atoms with E-state index in [0.29, 0.717) is 0 Å². The van der Waals surface area contributed by atoms with Gasteiger partial charge in [0.25, 0.3) is 0 Å². The maximum Gasteiger partial charge on any atom is -0.0391 e. The fraction of sp³-hybridized carbons (Fsp3) is 1.00. The summed E-state index contributed by atoms with van der Waals surface area (Å²) in [5.41, 5.74) is 0. The highest BCUT2D eigenvalue weighted by molar-refractivity contribution is 4.69. The Kier molecular flexibility index (Phi) is 9.97. The van der Waals surface area contributed by atoms with E-state index in [9.17, 15) is 0 Å². The van der Waals surface area contributed by atoms with Crippen LogP contribution in [0, 0.1) is 23.7 Å². The minimum absolute atomic E-state index is 0.864. The van der Waals surface area contributed by atoms with Gasteiger partial charge in [-0.25, -0.2) is 0 Å². The summed E-state index contributed by atoms with van der Waals surface area (Å²) in [4.78, 5) is 0. The van der Waals surface area contributed by atoms with Crippen LogP contribution in [-0.2, 0) is 0 Å². The van der Waals surface area contributed by atoms with Crippen molar-refractivity contribution in [1.29, 1.82) is 0 Å². The van der Waals surface area contributed by atoms with Crippen molar-refractivity contribution in [3.8, 4) is 0 Å². The molecule has 0 saturated carbocycles. The number of hydrogen-bond donors (Lipinski definition) is 0. The van der Waals surface area contributed by atoms with Gasteiger partial charge in [-0.3, -0.25) is 0 Å². The Morgan fingerprint density at radius 3 is 1.65 bits per heavy atom. The maximum absolute atomic E-state index is 2.47. The molecule has 0 aliphatic carbocycles. The lowest BCUT2D eigenvalue weighted by molar-refractivity contribution is 0.252. The second kappa shape index (κ2) is 9.97. The van der Waals surface area contributed by atoms with E-state index in [2.05, 4.69) is 41.5 Å². The molecular formula is C17H36. The van der Waals surface area contributed by atoms with Crippen LogP contribution in [0.15, 0.2) is 0 Å². The van der Waals surface area contributed by atoms with E-state index in [4.69, 9.17) is 0 Å². The summed E-state index contributed by atoms with van der Waals surface area (Å²) in [6.07, 6.45) is 9.84. The van der Waals surface area contributed by atoms with Crippen LogP contribution in [0.2, 0.25) is 0 Å². The molecule has 3 atom stereocenters. The van der Waals surface area contributed by atoms with Crippen molar-refractivity contribution in [3.63, 3.8) is 0 Å². The lowest BCUT2D eigenvalue weighted by Gasteiger charge is -2.26. The molecule has 104 valence electrons. The zero-order chi connectivity index (χ0) is 13.3. The number of rotatable bonds is 10. The van der Waals surface area contributed by atoms with E-state index in [1.54, 1.807) is 0 Å². The van der Waals surface area contributed by atoms with Gasteiger partial charge in [-0.05, 0) is 36.5 Å². The SMILES string of the molecule is CCCC[C@H](C)[C@H](CC)CC[C@H](CC)C(C)C. The first kappa shape index (κ1) is 17.0. The van der Waals surface area contributed by atoms with Gasteiger partial charge in [0.1, 0.15) is 0 Å². The Labute approximate surface area is 111 Å². The third-order valence-corrected chi connectivity index (χ3v) is 4.72. The summed E-state index contributed by atoms with van der Waals surface area (Å²) in [6.45, 7) is 14.3. The Morgan fingerprint density at radius 2 is 1.24 bits per heavy atom. The van der Waals surface area contributed by atoms with Crippen LogP contribution in [0.3, 0.4) is 0 Å². The largest absolute Gasteiger partial charge is 0.0654 e. The van der Waals surface area contributed by atoms with E-state index < -0.39 is 0 Å². The highest BCUT2D eigenvalue weighted by Gasteiger charge is 2.18. The first-order chi connectivity index (χ1) is 8.06. The zero-order valence-electron chi connectivity index (χ0n) is 13.3. The molecule has 0 nitrogen and oxygen atoms in total. The lowest BCUT2D eigenvalue weighted by atomic mass is 9.80. The molecule has 0 spiro atoms. The summed E-state index contributed by atoms with van der Waals surface area (Å²) in [6, 6.07) is 0. The lowest BCUT2D eigenvalue weighted by Crippen LogP contribution is -2.15. The fourth-order valence-electron chi connectivity index (χ4n) is 3.09. The summed E-state index contributed by atoms with van der Waals surface area (Å²) < 4.78 is 0. The summed E-state index contributed by atoms with van der Waals surface area (Å²) in [5.74, 6) is 3.71. The monoisotopic (exact) mass is 240 g/mol. The fourth-order valence-corrected chi connectivity index (χ4v) is 3.09. The molecular weight excluding hydrogens is 204 g/mol. The van der Waals surface area contributed by atoms with Crippen molar-refractivity contribution in [2.75, 3.05) is 0 Å². The Balaban J connectivity index is 4.02. The average Bonchev–Trinajstić information content (AvgIpc) is 2.31. The van der Waals surface area contributed by atoms with Crippen molar-refractivity contribution >= 4 is 0 Å². The third-order valence-electron chi connectivity index (χ3n) is 4.72. The minimum Gasteiger partial charge on any atom is -0.0654 e. The van der Waals surface area contributed by atoms with Gasteiger partial charge in [0, 0.05) is 0 Å². The predicted octanol–water partition coefficient (Wildman–Crippen LogP) is 6.30. The third kappa shape index (κ3) is 7.11. The van der Waals surface area contributed by atoms with Crippen molar-refractivity contribution in [2.24, 2.45) is 23.7 Å². The first-order valence-electron chi connectivity index (χ1n) is 8.06. The van der Waals surface area contributed by atoms with Crippen LogP contribution in [0.1, 0.15) is 86.5 Å². The molecule has 0 aromatic rings. The molecule has 0 unspecified atom stereocenters. The van der Waals surface area contributed by atoms with Gasteiger partial charge in [-0.2, -0.15) is 0 Å². The van der Waals surface area contributed by atoms with Crippen LogP contribution < -0.4 is 0 Å². The maximum atomic E-state index is 2.47. The molecule has 0 saturated heterocycles. The van der Waals surface area contributed by atoms with E-state index in [1.807, 2.05) is 0 Å². The Bertz CT molecular complexity index is 159. The topological polar surface area (TPSA) is 0 Å². The van der Waals surface area contributed by atoms with Gasteiger partial charge in [-0.1, -0.05) is 73.6 Å². The smallest absolute Gasteiger partial charge is 0.0391 e. The highest BCUT2D eigenvalue weighted by Crippen LogP contribution is 2.30. The van der Waals surface area contributed by atoms with Gasteiger partial charge in [0.15, 0.2) is 0 Å². The van der Waals surface area contributed by atoms with Crippen LogP contribution >= 0.6 is 0 Å². The molecule has 17 heavy (non-hydrogen) atoms. The number of unbranched alkanes of at least 4 members (excludes halogenated alkanes) is 1. The average molecular weight is 240 g/mol. The quantitative estimate of drug-likeness (QED) is 0.420. The van der Waals surface area contributed by atoms with Crippen LogP contribution in [0.4, 0.5) is 0 Å². The summed E-state index contributed by atoms with van der Waals surface area (Å²) in [7, 11) is 0. The molecule has 0 aromatic heterocycles. The predicted molar refractivity (Wildman–Crippen MR) is 80.3 cm³/mol. The molecule has 0 heterocycles. The molecule has 0 amide bonds. The van der Waals surface area contributed by atoms with Crippen molar-refractivity contribution in [1.82, 2.24) is 0 Å².